The van der Waals surface area contributed by atoms with Gasteiger partial charge in [-0.2, -0.15) is 0 Å². The number of thiophene rings is 1. The summed E-state index contributed by atoms with van der Waals surface area (Å²) in [6.45, 7) is 6.40. The maximum absolute atomic E-state index is 10.9. The Morgan fingerprint density at radius 1 is 0.871 bits per heavy atom. The molecule has 0 saturated heterocycles. The Kier molecular flexibility index (Phi) is 7.89. The van der Waals surface area contributed by atoms with Gasteiger partial charge in [-0.1, -0.05) is 45.0 Å². The topological polar surface area (TPSA) is 69.9 Å². The number of ether oxygens (including phenoxy) is 1. The monoisotopic (exact) mass is 440 g/mol. The molecule has 0 spiro atoms. The second kappa shape index (κ2) is 10.4. The third-order valence-corrected chi connectivity index (χ3v) is 6.97. The van der Waals surface area contributed by atoms with Crippen LogP contribution in [-0.4, -0.2) is 15.3 Å². The van der Waals surface area contributed by atoms with Gasteiger partial charge in [-0.3, -0.25) is 0 Å². The Hall–Kier alpha value is -2.18. The molecule has 1 aromatic heterocycles. The van der Waals surface area contributed by atoms with E-state index in [2.05, 4.69) is 36.6 Å². The average molecular weight is 441 g/mol. The van der Waals surface area contributed by atoms with E-state index >= 15 is 0 Å². The summed E-state index contributed by atoms with van der Waals surface area (Å²) in [5.74, 6) is 0.674. The van der Waals surface area contributed by atoms with Gasteiger partial charge in [0, 0.05) is 4.88 Å². The highest BCUT2D eigenvalue weighted by atomic mass is 32.1. The highest BCUT2D eigenvalue weighted by Gasteiger charge is 2.25. The molecule has 0 unspecified atom stereocenters. The maximum Gasteiger partial charge on any atom is 0.122 e. The fraction of sp³-hybridized carbons (Fsp3) is 0.385. The van der Waals surface area contributed by atoms with E-state index in [0.717, 1.165) is 22.4 Å². The highest BCUT2D eigenvalue weighted by Crippen LogP contribution is 2.35. The minimum atomic E-state index is -0.769. The molecule has 0 saturated carbocycles. The molecule has 1 heterocycles. The zero-order chi connectivity index (χ0) is 22.4. The van der Waals surface area contributed by atoms with Crippen LogP contribution < -0.4 is 4.74 Å². The predicted octanol–water partition coefficient (Wildman–Crippen LogP) is 5.55. The predicted molar refractivity (Wildman–Crippen MR) is 126 cm³/mol. The van der Waals surface area contributed by atoms with Gasteiger partial charge in [0.15, 0.2) is 0 Å². The van der Waals surface area contributed by atoms with Crippen molar-refractivity contribution in [2.75, 3.05) is 0 Å². The molecule has 0 bridgehead atoms. The molecule has 0 fully saturated rings. The largest absolute Gasteiger partial charge is 0.488 e. The van der Waals surface area contributed by atoms with Crippen molar-refractivity contribution < 1.29 is 20.1 Å². The first kappa shape index (κ1) is 23.5. The Balaban J connectivity index is 1.77. The number of benzene rings is 2. The van der Waals surface area contributed by atoms with Crippen LogP contribution in [0.25, 0.3) is 11.1 Å². The molecule has 0 radical (unpaired) electrons. The minimum Gasteiger partial charge on any atom is -0.488 e. The standard InChI is InChI=1S/C26H32O4S/c1-4-18-11-22(26(29,5-2)6-3)8-10-25(18)21-13-24(31-17-21)16-30-23-9-7-19(14-27)20(12-23)15-28/h7-13,17,27-29H,4-6,14-16H2,1-3H3. The van der Waals surface area contributed by atoms with Crippen LogP contribution in [0.4, 0.5) is 0 Å². The van der Waals surface area contributed by atoms with E-state index < -0.39 is 5.60 Å². The van der Waals surface area contributed by atoms with Crippen LogP contribution in [0.15, 0.2) is 47.8 Å². The van der Waals surface area contributed by atoms with Gasteiger partial charge in [-0.05, 0) is 76.2 Å². The van der Waals surface area contributed by atoms with E-state index in [1.54, 1.807) is 23.5 Å². The summed E-state index contributed by atoms with van der Waals surface area (Å²) in [6.07, 6.45) is 2.29. The van der Waals surface area contributed by atoms with Crippen molar-refractivity contribution in [3.63, 3.8) is 0 Å². The number of hydrogen-bond donors (Lipinski definition) is 3. The van der Waals surface area contributed by atoms with Crippen LogP contribution in [0.1, 0.15) is 60.7 Å². The number of aliphatic hydroxyl groups excluding tert-OH is 2. The molecular weight excluding hydrogens is 408 g/mol. The Bertz CT molecular complexity index is 1000. The second-order valence-electron chi connectivity index (χ2n) is 7.80. The van der Waals surface area contributed by atoms with E-state index in [-0.39, 0.29) is 13.2 Å². The van der Waals surface area contributed by atoms with Crippen molar-refractivity contribution in [1.29, 1.82) is 0 Å². The van der Waals surface area contributed by atoms with Crippen molar-refractivity contribution >= 4 is 11.3 Å². The normalized spacial score (nSPS) is 11.7. The lowest BCUT2D eigenvalue weighted by atomic mass is 9.85. The summed E-state index contributed by atoms with van der Waals surface area (Å²) in [7, 11) is 0. The summed E-state index contributed by atoms with van der Waals surface area (Å²) in [5.41, 5.74) is 5.20. The van der Waals surface area contributed by atoms with Crippen LogP contribution in [0.5, 0.6) is 5.75 Å². The molecule has 3 rings (SSSR count). The minimum absolute atomic E-state index is 0.100. The van der Waals surface area contributed by atoms with Crippen molar-refractivity contribution in [2.45, 2.75) is 65.5 Å². The van der Waals surface area contributed by atoms with Gasteiger partial charge in [-0.15, -0.1) is 11.3 Å². The fourth-order valence-corrected chi connectivity index (χ4v) is 4.66. The molecule has 0 atom stereocenters. The quantitative estimate of drug-likeness (QED) is 0.387. The third-order valence-electron chi connectivity index (χ3n) is 6.06. The van der Waals surface area contributed by atoms with Crippen LogP contribution >= 0.6 is 11.3 Å². The lowest BCUT2D eigenvalue weighted by molar-refractivity contribution is 0.0283. The first-order valence-corrected chi connectivity index (χ1v) is 11.8. The zero-order valence-corrected chi connectivity index (χ0v) is 19.3. The maximum atomic E-state index is 10.9. The van der Waals surface area contributed by atoms with E-state index in [0.29, 0.717) is 36.3 Å². The second-order valence-corrected chi connectivity index (χ2v) is 8.80. The molecule has 0 aliphatic carbocycles. The van der Waals surface area contributed by atoms with Gasteiger partial charge in [-0.25, -0.2) is 0 Å². The lowest BCUT2D eigenvalue weighted by Gasteiger charge is -2.27. The van der Waals surface area contributed by atoms with Gasteiger partial charge in [0.1, 0.15) is 12.4 Å². The van der Waals surface area contributed by atoms with Gasteiger partial charge >= 0.3 is 0 Å². The van der Waals surface area contributed by atoms with Crippen LogP contribution in [0.3, 0.4) is 0 Å². The molecule has 0 aliphatic rings. The zero-order valence-electron chi connectivity index (χ0n) is 18.5. The van der Waals surface area contributed by atoms with Crippen molar-refractivity contribution in [2.24, 2.45) is 0 Å². The summed E-state index contributed by atoms with van der Waals surface area (Å²) in [4.78, 5) is 1.11. The molecule has 31 heavy (non-hydrogen) atoms. The molecule has 0 amide bonds. The molecule has 2 aromatic carbocycles. The lowest BCUT2D eigenvalue weighted by Crippen LogP contribution is -2.23. The summed E-state index contributed by atoms with van der Waals surface area (Å²) < 4.78 is 5.92. The van der Waals surface area contributed by atoms with Crippen molar-refractivity contribution in [3.05, 3.63) is 75.0 Å². The van der Waals surface area contributed by atoms with Gasteiger partial charge in [0.05, 0.1) is 18.8 Å². The Labute approximate surface area is 188 Å². The smallest absolute Gasteiger partial charge is 0.122 e. The Morgan fingerprint density at radius 3 is 2.26 bits per heavy atom. The first-order chi connectivity index (χ1) is 15.0. The highest BCUT2D eigenvalue weighted by molar-refractivity contribution is 7.10. The Morgan fingerprint density at radius 2 is 1.61 bits per heavy atom. The molecule has 3 aromatic rings. The van der Waals surface area contributed by atoms with Crippen molar-refractivity contribution in [1.82, 2.24) is 0 Å². The molecule has 3 N–H and O–H groups in total. The van der Waals surface area contributed by atoms with Gasteiger partial charge in [0.2, 0.25) is 0 Å². The summed E-state index contributed by atoms with van der Waals surface area (Å²) in [5, 5.41) is 31.8. The van der Waals surface area contributed by atoms with Crippen molar-refractivity contribution in [3.8, 4) is 16.9 Å². The average Bonchev–Trinajstić information content (AvgIpc) is 3.30. The molecular formula is C26H32O4S. The SMILES string of the molecule is CCc1cc(C(O)(CC)CC)ccc1-c1csc(COc2ccc(CO)c(CO)c2)c1. The van der Waals surface area contributed by atoms with E-state index in [1.807, 2.05) is 19.9 Å². The van der Waals surface area contributed by atoms with Crippen LogP contribution in [-0.2, 0) is 31.8 Å². The first-order valence-electron chi connectivity index (χ1n) is 10.9. The van der Waals surface area contributed by atoms with Gasteiger partial charge < -0.3 is 20.1 Å². The molecule has 4 nitrogen and oxygen atoms in total. The number of aryl methyl sites for hydroxylation is 1. The van der Waals surface area contributed by atoms with E-state index in [9.17, 15) is 15.3 Å². The fourth-order valence-electron chi connectivity index (χ4n) is 3.86. The number of rotatable bonds is 10. The summed E-state index contributed by atoms with van der Waals surface area (Å²) >= 11 is 1.66. The van der Waals surface area contributed by atoms with Gasteiger partial charge in [0.25, 0.3) is 0 Å². The molecule has 0 aliphatic heterocycles. The summed E-state index contributed by atoms with van der Waals surface area (Å²) in [6, 6.07) is 13.8. The van der Waals surface area contributed by atoms with Crippen LogP contribution in [0, 0.1) is 0 Å². The van der Waals surface area contributed by atoms with Crippen LogP contribution in [0.2, 0.25) is 0 Å². The van der Waals surface area contributed by atoms with E-state index in [4.69, 9.17) is 4.74 Å². The number of hydrogen-bond acceptors (Lipinski definition) is 5. The third kappa shape index (κ3) is 5.18. The molecule has 5 heteroatoms. The van der Waals surface area contributed by atoms with E-state index in [1.165, 1.54) is 11.1 Å². The molecule has 166 valence electrons. The number of aliphatic hydroxyl groups is 3.